The molecule has 3 heteroatoms. The molecule has 0 heterocycles. The van der Waals surface area contributed by atoms with Crippen molar-refractivity contribution >= 4 is 23.0 Å². The Kier molecular flexibility index (Phi) is 4.74. The molecule has 0 bridgehead atoms. The molecule has 1 aromatic carbocycles. The first-order valence-electron chi connectivity index (χ1n) is 5.67. The largest absolute Gasteiger partial charge is 0.362 e. The lowest BCUT2D eigenvalue weighted by atomic mass is 10.1. The fraction of sp³-hybridized carbons (Fsp3) is 0.462. The molecule has 0 saturated heterocycles. The fourth-order valence-electron chi connectivity index (χ4n) is 1.77. The smallest absolute Gasteiger partial charge is 0.170 e. The number of anilines is 1. The standard InChI is InChI=1S/C13H20N2S/c1-5-6-14-13(16)15-12-10(3)7-9(2)8-11(12)4/h7-8H,5-6H2,1-4H3,(H2,14,15,16). The van der Waals surface area contributed by atoms with Crippen molar-refractivity contribution in [3.8, 4) is 0 Å². The van der Waals surface area contributed by atoms with Crippen molar-refractivity contribution in [2.75, 3.05) is 11.9 Å². The maximum Gasteiger partial charge on any atom is 0.170 e. The lowest BCUT2D eigenvalue weighted by Crippen LogP contribution is -2.29. The summed E-state index contributed by atoms with van der Waals surface area (Å²) in [7, 11) is 0. The molecule has 1 aromatic rings. The zero-order valence-corrected chi connectivity index (χ0v) is 11.3. The van der Waals surface area contributed by atoms with Gasteiger partial charge in [-0.1, -0.05) is 24.6 Å². The predicted octanol–water partition coefficient (Wildman–Crippen LogP) is 3.31. The molecule has 0 radical (unpaired) electrons. The van der Waals surface area contributed by atoms with Gasteiger partial charge in [-0.25, -0.2) is 0 Å². The average Bonchev–Trinajstić information content (AvgIpc) is 2.20. The summed E-state index contributed by atoms with van der Waals surface area (Å²) >= 11 is 5.23. The van der Waals surface area contributed by atoms with E-state index in [9.17, 15) is 0 Å². The molecule has 16 heavy (non-hydrogen) atoms. The summed E-state index contributed by atoms with van der Waals surface area (Å²) in [4.78, 5) is 0. The van der Waals surface area contributed by atoms with Gasteiger partial charge in [0.05, 0.1) is 0 Å². The molecule has 0 aliphatic heterocycles. The third-order valence-electron chi connectivity index (χ3n) is 2.45. The normalized spacial score (nSPS) is 10.0. The number of thiocarbonyl (C=S) groups is 1. The number of hydrogen-bond donors (Lipinski definition) is 2. The third kappa shape index (κ3) is 3.49. The molecule has 0 unspecified atom stereocenters. The molecule has 0 saturated carbocycles. The van der Waals surface area contributed by atoms with Crippen LogP contribution in [0, 0.1) is 20.8 Å². The first-order valence-corrected chi connectivity index (χ1v) is 6.08. The molecule has 0 aliphatic carbocycles. The highest BCUT2D eigenvalue weighted by Crippen LogP contribution is 2.21. The molecule has 2 N–H and O–H groups in total. The lowest BCUT2D eigenvalue weighted by molar-refractivity contribution is 0.846. The van der Waals surface area contributed by atoms with E-state index in [1.807, 2.05) is 0 Å². The van der Waals surface area contributed by atoms with Gasteiger partial charge in [0.15, 0.2) is 5.11 Å². The second-order valence-corrected chi connectivity index (χ2v) is 4.56. The van der Waals surface area contributed by atoms with Crippen molar-refractivity contribution in [3.63, 3.8) is 0 Å². The van der Waals surface area contributed by atoms with Gasteiger partial charge in [0.1, 0.15) is 0 Å². The second kappa shape index (κ2) is 5.85. The van der Waals surface area contributed by atoms with Gasteiger partial charge < -0.3 is 10.6 Å². The SMILES string of the molecule is CCCNC(=S)Nc1c(C)cc(C)cc1C. The molecular formula is C13H20N2S. The molecule has 2 nitrogen and oxygen atoms in total. The van der Waals surface area contributed by atoms with Gasteiger partial charge in [-0.3, -0.25) is 0 Å². The van der Waals surface area contributed by atoms with Crippen molar-refractivity contribution in [1.82, 2.24) is 5.32 Å². The highest BCUT2D eigenvalue weighted by Gasteiger charge is 2.04. The van der Waals surface area contributed by atoms with Crippen LogP contribution in [0.3, 0.4) is 0 Å². The Balaban J connectivity index is 2.77. The maximum absolute atomic E-state index is 5.23. The summed E-state index contributed by atoms with van der Waals surface area (Å²) < 4.78 is 0. The van der Waals surface area contributed by atoms with E-state index in [-0.39, 0.29) is 0 Å². The fourth-order valence-corrected chi connectivity index (χ4v) is 1.98. The molecule has 0 amide bonds. The van der Waals surface area contributed by atoms with Crippen molar-refractivity contribution in [2.24, 2.45) is 0 Å². The zero-order valence-electron chi connectivity index (χ0n) is 10.5. The summed E-state index contributed by atoms with van der Waals surface area (Å²) in [6.07, 6.45) is 1.08. The Bertz CT molecular complexity index is 363. The van der Waals surface area contributed by atoms with E-state index in [1.54, 1.807) is 0 Å². The van der Waals surface area contributed by atoms with Crippen molar-refractivity contribution in [1.29, 1.82) is 0 Å². The van der Waals surface area contributed by atoms with E-state index in [1.165, 1.54) is 16.7 Å². The Morgan fingerprint density at radius 3 is 2.25 bits per heavy atom. The maximum atomic E-state index is 5.23. The molecule has 0 aromatic heterocycles. The van der Waals surface area contributed by atoms with E-state index in [4.69, 9.17) is 12.2 Å². The Morgan fingerprint density at radius 1 is 1.19 bits per heavy atom. The number of nitrogens with one attached hydrogen (secondary N) is 2. The molecule has 1 rings (SSSR count). The van der Waals surface area contributed by atoms with E-state index in [2.05, 4.69) is 50.5 Å². The first-order chi connectivity index (χ1) is 7.54. The van der Waals surface area contributed by atoms with Crippen LogP contribution in [-0.4, -0.2) is 11.7 Å². The molecule has 0 spiro atoms. The Morgan fingerprint density at radius 2 is 1.75 bits per heavy atom. The highest BCUT2D eigenvalue weighted by atomic mass is 32.1. The summed E-state index contributed by atoms with van der Waals surface area (Å²) in [6, 6.07) is 4.33. The van der Waals surface area contributed by atoms with Crippen LogP contribution in [-0.2, 0) is 0 Å². The van der Waals surface area contributed by atoms with E-state index < -0.39 is 0 Å². The van der Waals surface area contributed by atoms with Gasteiger partial charge in [-0.2, -0.15) is 0 Å². The van der Waals surface area contributed by atoms with Crippen LogP contribution >= 0.6 is 12.2 Å². The highest BCUT2D eigenvalue weighted by molar-refractivity contribution is 7.80. The van der Waals surface area contributed by atoms with E-state index >= 15 is 0 Å². The summed E-state index contributed by atoms with van der Waals surface area (Å²) in [6.45, 7) is 9.35. The molecule has 88 valence electrons. The third-order valence-corrected chi connectivity index (χ3v) is 2.70. The summed E-state index contributed by atoms with van der Waals surface area (Å²) in [5, 5.41) is 7.14. The first kappa shape index (κ1) is 13.0. The van der Waals surface area contributed by atoms with Gasteiger partial charge in [0, 0.05) is 12.2 Å². The summed E-state index contributed by atoms with van der Waals surface area (Å²) in [5.41, 5.74) is 4.88. The van der Waals surface area contributed by atoms with Crippen LogP contribution in [0.2, 0.25) is 0 Å². The lowest BCUT2D eigenvalue weighted by Gasteiger charge is -2.15. The minimum absolute atomic E-state index is 0.705. The number of aryl methyl sites for hydroxylation is 3. The number of rotatable bonds is 3. The minimum Gasteiger partial charge on any atom is -0.362 e. The number of hydrogen-bond acceptors (Lipinski definition) is 1. The van der Waals surface area contributed by atoms with Crippen molar-refractivity contribution < 1.29 is 0 Å². The molecular weight excluding hydrogens is 216 g/mol. The van der Waals surface area contributed by atoms with Crippen LogP contribution < -0.4 is 10.6 Å². The minimum atomic E-state index is 0.705. The number of benzene rings is 1. The molecule has 0 fully saturated rings. The van der Waals surface area contributed by atoms with E-state index in [0.29, 0.717) is 5.11 Å². The van der Waals surface area contributed by atoms with Crippen LogP contribution in [0.5, 0.6) is 0 Å². The van der Waals surface area contributed by atoms with Gasteiger partial charge >= 0.3 is 0 Å². The Hall–Kier alpha value is -1.09. The molecule has 0 atom stereocenters. The topological polar surface area (TPSA) is 24.1 Å². The average molecular weight is 236 g/mol. The molecule has 0 aliphatic rings. The van der Waals surface area contributed by atoms with Gasteiger partial charge in [0.25, 0.3) is 0 Å². The summed E-state index contributed by atoms with van der Waals surface area (Å²) in [5.74, 6) is 0. The predicted molar refractivity (Wildman–Crippen MR) is 75.2 cm³/mol. The van der Waals surface area contributed by atoms with Crippen LogP contribution in [0.25, 0.3) is 0 Å². The second-order valence-electron chi connectivity index (χ2n) is 4.15. The quantitative estimate of drug-likeness (QED) is 0.787. The van der Waals surface area contributed by atoms with Gasteiger partial charge in [-0.15, -0.1) is 0 Å². The van der Waals surface area contributed by atoms with Crippen LogP contribution in [0.4, 0.5) is 5.69 Å². The monoisotopic (exact) mass is 236 g/mol. The Labute approximate surface area is 103 Å². The van der Waals surface area contributed by atoms with E-state index in [0.717, 1.165) is 18.7 Å². The van der Waals surface area contributed by atoms with Crippen LogP contribution in [0.1, 0.15) is 30.0 Å². The van der Waals surface area contributed by atoms with Gasteiger partial charge in [0.2, 0.25) is 0 Å². The van der Waals surface area contributed by atoms with Crippen LogP contribution in [0.15, 0.2) is 12.1 Å². The van der Waals surface area contributed by atoms with Crippen molar-refractivity contribution in [3.05, 3.63) is 28.8 Å². The zero-order chi connectivity index (χ0) is 12.1. The van der Waals surface area contributed by atoms with Crippen molar-refractivity contribution in [2.45, 2.75) is 34.1 Å². The van der Waals surface area contributed by atoms with Gasteiger partial charge in [-0.05, 0) is 50.5 Å².